The topological polar surface area (TPSA) is 56.1 Å². The molecule has 0 spiro atoms. The third kappa shape index (κ3) is 2.55. The summed E-state index contributed by atoms with van der Waals surface area (Å²) < 4.78 is 0. The SMILES string of the molecule is OCCCCCN1C2CCC1CC(=NO)C2. The van der Waals surface area contributed by atoms with Gasteiger partial charge in [-0.05, 0) is 38.6 Å². The van der Waals surface area contributed by atoms with Gasteiger partial charge in [-0.1, -0.05) is 5.16 Å². The molecule has 2 atom stereocenters. The minimum Gasteiger partial charge on any atom is -0.411 e. The number of nitrogens with zero attached hydrogens (tertiary/aromatic N) is 2. The molecule has 0 aromatic rings. The molecule has 0 amide bonds. The van der Waals surface area contributed by atoms with Crippen molar-refractivity contribution in [3.63, 3.8) is 0 Å². The van der Waals surface area contributed by atoms with Crippen LogP contribution < -0.4 is 0 Å². The molecule has 92 valence electrons. The highest BCUT2D eigenvalue weighted by atomic mass is 16.4. The molecule has 2 fully saturated rings. The Morgan fingerprint density at radius 2 is 1.81 bits per heavy atom. The average Bonchev–Trinajstić information content (AvgIpc) is 2.55. The summed E-state index contributed by atoms with van der Waals surface area (Å²) in [7, 11) is 0. The Bertz CT molecular complexity index is 239. The highest BCUT2D eigenvalue weighted by Gasteiger charge is 2.38. The lowest BCUT2D eigenvalue weighted by Gasteiger charge is -2.34. The van der Waals surface area contributed by atoms with Crippen molar-refractivity contribution in [3.05, 3.63) is 0 Å². The van der Waals surface area contributed by atoms with Crippen molar-refractivity contribution in [3.8, 4) is 0 Å². The van der Waals surface area contributed by atoms with Gasteiger partial charge >= 0.3 is 0 Å². The fraction of sp³-hybridized carbons (Fsp3) is 0.917. The standard InChI is InChI=1S/C12H22N2O2/c15-7-3-1-2-6-14-11-4-5-12(14)9-10(8-11)13-16/h11-12,15-16H,1-9H2. The Balaban J connectivity index is 1.79. The van der Waals surface area contributed by atoms with Crippen LogP contribution in [-0.2, 0) is 0 Å². The first-order valence-corrected chi connectivity index (χ1v) is 6.41. The second kappa shape index (κ2) is 5.64. The summed E-state index contributed by atoms with van der Waals surface area (Å²) in [6.45, 7) is 1.46. The van der Waals surface area contributed by atoms with Gasteiger partial charge in [-0.15, -0.1) is 0 Å². The van der Waals surface area contributed by atoms with Gasteiger partial charge in [0.1, 0.15) is 0 Å². The monoisotopic (exact) mass is 226 g/mol. The summed E-state index contributed by atoms with van der Waals surface area (Å²) in [5.74, 6) is 0. The number of unbranched alkanes of at least 4 members (excludes halogenated alkanes) is 2. The molecule has 0 radical (unpaired) electrons. The normalized spacial score (nSPS) is 29.7. The van der Waals surface area contributed by atoms with E-state index in [1.54, 1.807) is 0 Å². The summed E-state index contributed by atoms with van der Waals surface area (Å²) in [5.41, 5.74) is 0.985. The molecule has 2 heterocycles. The highest BCUT2D eigenvalue weighted by Crippen LogP contribution is 2.34. The predicted molar refractivity (Wildman–Crippen MR) is 62.9 cm³/mol. The third-order valence-electron chi connectivity index (χ3n) is 3.93. The summed E-state index contributed by atoms with van der Waals surface area (Å²) in [6.07, 6.45) is 7.63. The summed E-state index contributed by atoms with van der Waals surface area (Å²) >= 11 is 0. The zero-order valence-corrected chi connectivity index (χ0v) is 9.81. The van der Waals surface area contributed by atoms with E-state index in [0.29, 0.717) is 18.7 Å². The van der Waals surface area contributed by atoms with E-state index in [1.807, 2.05) is 0 Å². The van der Waals surface area contributed by atoms with Crippen LogP contribution in [0.15, 0.2) is 5.16 Å². The van der Waals surface area contributed by atoms with E-state index < -0.39 is 0 Å². The fourth-order valence-corrected chi connectivity index (χ4v) is 3.11. The molecule has 2 N–H and O–H groups in total. The fourth-order valence-electron chi connectivity index (χ4n) is 3.11. The minimum atomic E-state index is 0.314. The van der Waals surface area contributed by atoms with Crippen LogP contribution >= 0.6 is 0 Å². The van der Waals surface area contributed by atoms with Crippen LogP contribution in [0, 0.1) is 0 Å². The predicted octanol–water partition coefficient (Wildman–Crippen LogP) is 1.61. The van der Waals surface area contributed by atoms with Gasteiger partial charge in [-0.3, -0.25) is 4.90 Å². The first kappa shape index (κ1) is 11.9. The number of aliphatic hydroxyl groups excluding tert-OH is 1. The van der Waals surface area contributed by atoms with Gasteiger partial charge in [0, 0.05) is 31.5 Å². The number of rotatable bonds is 5. The molecule has 0 aromatic heterocycles. The second-order valence-corrected chi connectivity index (χ2v) is 4.98. The van der Waals surface area contributed by atoms with Crippen molar-refractivity contribution in [2.45, 2.75) is 57.0 Å². The molecule has 0 aromatic carbocycles. The molecule has 2 aliphatic heterocycles. The van der Waals surface area contributed by atoms with Crippen LogP contribution in [0.2, 0.25) is 0 Å². The molecule has 2 rings (SSSR count). The summed E-state index contributed by atoms with van der Waals surface area (Å²) in [5, 5.41) is 20.9. The highest BCUT2D eigenvalue weighted by molar-refractivity contribution is 5.86. The molecular formula is C12H22N2O2. The molecule has 0 saturated carbocycles. The zero-order valence-electron chi connectivity index (χ0n) is 9.81. The molecule has 16 heavy (non-hydrogen) atoms. The Morgan fingerprint density at radius 1 is 1.12 bits per heavy atom. The van der Waals surface area contributed by atoms with E-state index in [1.165, 1.54) is 19.3 Å². The van der Waals surface area contributed by atoms with Gasteiger partial charge in [0.05, 0.1) is 5.71 Å². The zero-order chi connectivity index (χ0) is 11.4. The molecule has 4 nitrogen and oxygen atoms in total. The molecule has 4 heteroatoms. The number of piperidine rings is 1. The molecule has 2 aliphatic rings. The first-order chi connectivity index (χ1) is 7.85. The van der Waals surface area contributed by atoms with E-state index >= 15 is 0 Å². The second-order valence-electron chi connectivity index (χ2n) is 4.98. The van der Waals surface area contributed by atoms with E-state index in [4.69, 9.17) is 10.3 Å². The average molecular weight is 226 g/mol. The van der Waals surface area contributed by atoms with E-state index in [2.05, 4.69) is 10.1 Å². The van der Waals surface area contributed by atoms with Crippen molar-refractivity contribution in [2.75, 3.05) is 13.2 Å². The lowest BCUT2D eigenvalue weighted by atomic mass is 10.00. The van der Waals surface area contributed by atoms with Gasteiger partial charge < -0.3 is 10.3 Å². The van der Waals surface area contributed by atoms with Crippen LogP contribution in [0.1, 0.15) is 44.9 Å². The van der Waals surface area contributed by atoms with Crippen LogP contribution in [0.25, 0.3) is 0 Å². The smallest absolute Gasteiger partial charge is 0.0601 e. The molecular weight excluding hydrogens is 204 g/mol. The Hall–Kier alpha value is -0.610. The molecule has 2 bridgehead atoms. The molecule has 0 aliphatic carbocycles. The van der Waals surface area contributed by atoms with Gasteiger partial charge in [-0.25, -0.2) is 0 Å². The number of aliphatic hydroxyl groups is 1. The Labute approximate surface area is 96.9 Å². The van der Waals surface area contributed by atoms with Crippen molar-refractivity contribution >= 4 is 5.71 Å². The van der Waals surface area contributed by atoms with Crippen LogP contribution in [0.4, 0.5) is 0 Å². The molecule has 2 saturated heterocycles. The van der Waals surface area contributed by atoms with Crippen LogP contribution in [0.3, 0.4) is 0 Å². The summed E-state index contributed by atoms with van der Waals surface area (Å²) in [6, 6.07) is 1.22. The maximum absolute atomic E-state index is 8.83. The minimum absolute atomic E-state index is 0.314. The van der Waals surface area contributed by atoms with Crippen LogP contribution in [-0.4, -0.2) is 46.2 Å². The lowest BCUT2D eigenvalue weighted by molar-refractivity contribution is 0.174. The van der Waals surface area contributed by atoms with Crippen molar-refractivity contribution < 1.29 is 10.3 Å². The first-order valence-electron chi connectivity index (χ1n) is 6.41. The number of oxime groups is 1. The largest absolute Gasteiger partial charge is 0.411 e. The van der Waals surface area contributed by atoms with Crippen molar-refractivity contribution in [2.24, 2.45) is 5.16 Å². The number of hydrogen-bond donors (Lipinski definition) is 2. The van der Waals surface area contributed by atoms with E-state index in [0.717, 1.165) is 37.9 Å². The summed E-state index contributed by atoms with van der Waals surface area (Å²) in [4.78, 5) is 2.59. The Morgan fingerprint density at radius 3 is 2.38 bits per heavy atom. The van der Waals surface area contributed by atoms with Gasteiger partial charge in [0.15, 0.2) is 0 Å². The van der Waals surface area contributed by atoms with Gasteiger partial charge in [0.2, 0.25) is 0 Å². The van der Waals surface area contributed by atoms with Gasteiger partial charge in [0.25, 0.3) is 0 Å². The lowest BCUT2D eigenvalue weighted by Crippen LogP contribution is -2.43. The van der Waals surface area contributed by atoms with Crippen molar-refractivity contribution in [1.29, 1.82) is 0 Å². The maximum atomic E-state index is 8.83. The third-order valence-corrected chi connectivity index (χ3v) is 3.93. The molecule has 2 unspecified atom stereocenters. The van der Waals surface area contributed by atoms with Gasteiger partial charge in [-0.2, -0.15) is 0 Å². The maximum Gasteiger partial charge on any atom is 0.0601 e. The van der Waals surface area contributed by atoms with E-state index in [-0.39, 0.29) is 0 Å². The Kier molecular flexibility index (Phi) is 4.18. The number of fused-ring (bicyclic) bond motifs is 2. The quantitative estimate of drug-likeness (QED) is 0.425. The van der Waals surface area contributed by atoms with Crippen molar-refractivity contribution in [1.82, 2.24) is 4.90 Å². The van der Waals surface area contributed by atoms with Crippen LogP contribution in [0.5, 0.6) is 0 Å². The van der Waals surface area contributed by atoms with E-state index in [9.17, 15) is 0 Å². The number of hydrogen-bond acceptors (Lipinski definition) is 4.